The number of amides is 1. The van der Waals surface area contributed by atoms with Crippen molar-refractivity contribution >= 4 is 5.91 Å². The summed E-state index contributed by atoms with van der Waals surface area (Å²) in [6.07, 6.45) is 1.31. The highest BCUT2D eigenvalue weighted by Crippen LogP contribution is 2.20. The van der Waals surface area contributed by atoms with Crippen molar-refractivity contribution in [2.45, 2.75) is 44.9 Å². The van der Waals surface area contributed by atoms with Gasteiger partial charge in [-0.25, -0.2) is 0 Å². The van der Waals surface area contributed by atoms with Crippen molar-refractivity contribution in [3.05, 3.63) is 35.4 Å². The molecule has 1 aromatic carbocycles. The second-order valence-electron chi connectivity index (χ2n) is 5.20. The van der Waals surface area contributed by atoms with E-state index in [4.69, 9.17) is 10.5 Å². The van der Waals surface area contributed by atoms with Crippen molar-refractivity contribution in [2.75, 3.05) is 6.54 Å². The van der Waals surface area contributed by atoms with Crippen molar-refractivity contribution in [1.29, 1.82) is 0 Å². The monoisotopic (exact) mass is 262 g/mol. The number of hydrogen-bond donors (Lipinski definition) is 2. The molecule has 1 saturated heterocycles. The third-order valence-electron chi connectivity index (χ3n) is 3.56. The summed E-state index contributed by atoms with van der Waals surface area (Å²) in [4.78, 5) is 12.1. The van der Waals surface area contributed by atoms with Crippen molar-refractivity contribution in [3.63, 3.8) is 0 Å². The second kappa shape index (κ2) is 6.17. The van der Waals surface area contributed by atoms with E-state index < -0.39 is 0 Å². The number of hydrogen-bond acceptors (Lipinski definition) is 3. The van der Waals surface area contributed by atoms with Crippen LogP contribution >= 0.6 is 0 Å². The molecule has 2 rings (SSSR count). The van der Waals surface area contributed by atoms with E-state index in [9.17, 15) is 4.79 Å². The lowest BCUT2D eigenvalue weighted by Crippen LogP contribution is -2.37. The fourth-order valence-electron chi connectivity index (χ4n) is 2.40. The number of carbonyl (C=O) groups excluding carboxylic acids is 1. The van der Waals surface area contributed by atoms with Crippen LogP contribution < -0.4 is 11.1 Å². The predicted octanol–water partition coefficient (Wildman–Crippen LogP) is 1.68. The van der Waals surface area contributed by atoms with Gasteiger partial charge in [0.15, 0.2) is 0 Å². The molecule has 3 N–H and O–H groups in total. The van der Waals surface area contributed by atoms with Crippen molar-refractivity contribution < 1.29 is 9.53 Å². The maximum atomic E-state index is 12.1. The lowest BCUT2D eigenvalue weighted by atomic mass is 10.1. The molecule has 1 fully saturated rings. The van der Waals surface area contributed by atoms with Crippen molar-refractivity contribution in [3.8, 4) is 0 Å². The quantitative estimate of drug-likeness (QED) is 0.867. The molecular weight excluding hydrogens is 240 g/mol. The molecule has 4 heteroatoms. The average Bonchev–Trinajstić information content (AvgIpc) is 2.87. The molecule has 1 amide bonds. The van der Waals surface area contributed by atoms with Crippen LogP contribution in [0.2, 0.25) is 0 Å². The largest absolute Gasteiger partial charge is 0.364 e. The summed E-state index contributed by atoms with van der Waals surface area (Å²) in [5, 5.41) is 3.01. The van der Waals surface area contributed by atoms with Crippen molar-refractivity contribution in [2.24, 2.45) is 5.73 Å². The van der Waals surface area contributed by atoms with Gasteiger partial charge < -0.3 is 15.8 Å². The molecule has 0 aromatic heterocycles. The van der Waals surface area contributed by atoms with Gasteiger partial charge in [-0.05, 0) is 32.3 Å². The Morgan fingerprint density at radius 1 is 1.53 bits per heavy atom. The first-order valence-corrected chi connectivity index (χ1v) is 6.82. The molecule has 1 aliphatic heterocycles. The van der Waals surface area contributed by atoms with Gasteiger partial charge in [-0.3, -0.25) is 4.79 Å². The fraction of sp³-hybridized carbons (Fsp3) is 0.533. The fourth-order valence-corrected chi connectivity index (χ4v) is 2.40. The number of carbonyl (C=O) groups is 1. The molecule has 0 saturated carbocycles. The highest BCUT2D eigenvalue weighted by atomic mass is 16.5. The first-order chi connectivity index (χ1) is 9.10. The summed E-state index contributed by atoms with van der Waals surface area (Å²) in [6, 6.07) is 8.15. The summed E-state index contributed by atoms with van der Waals surface area (Å²) in [6.45, 7) is 4.52. The first-order valence-electron chi connectivity index (χ1n) is 6.82. The number of nitrogens with one attached hydrogen (secondary N) is 1. The predicted molar refractivity (Wildman–Crippen MR) is 74.7 cm³/mol. The van der Waals surface area contributed by atoms with Crippen LogP contribution in [-0.4, -0.2) is 24.7 Å². The zero-order chi connectivity index (χ0) is 13.8. The van der Waals surface area contributed by atoms with Crippen LogP contribution in [0.5, 0.6) is 0 Å². The molecule has 1 heterocycles. The van der Waals surface area contributed by atoms with Gasteiger partial charge in [0.05, 0.1) is 12.1 Å². The summed E-state index contributed by atoms with van der Waals surface area (Å²) >= 11 is 0. The van der Waals surface area contributed by atoms with E-state index in [0.717, 1.165) is 18.4 Å². The van der Waals surface area contributed by atoms with Crippen LogP contribution in [0.15, 0.2) is 24.3 Å². The van der Waals surface area contributed by atoms with E-state index in [2.05, 4.69) is 11.4 Å². The standard InChI is InChI=1S/C15H22N2O2/c1-10-4-3-5-12(8-10)11(2)17-15(18)14-7-6-13(9-16)19-14/h3-5,8,11,13-14H,6-7,9,16H2,1-2H3,(H,17,18)/t11-,13?,14?/m0/s1. The highest BCUT2D eigenvalue weighted by Gasteiger charge is 2.30. The molecule has 0 aliphatic carbocycles. The molecule has 1 aliphatic rings. The zero-order valence-electron chi connectivity index (χ0n) is 11.6. The van der Waals surface area contributed by atoms with E-state index in [1.165, 1.54) is 5.56 Å². The van der Waals surface area contributed by atoms with Crippen LogP contribution in [-0.2, 0) is 9.53 Å². The Hall–Kier alpha value is -1.39. The second-order valence-corrected chi connectivity index (χ2v) is 5.20. The van der Waals surface area contributed by atoms with Gasteiger partial charge in [-0.1, -0.05) is 29.8 Å². The topological polar surface area (TPSA) is 64.4 Å². The molecule has 0 bridgehead atoms. The number of ether oxygens (including phenoxy) is 1. The van der Waals surface area contributed by atoms with Gasteiger partial charge in [0.1, 0.15) is 6.10 Å². The Morgan fingerprint density at radius 2 is 2.32 bits per heavy atom. The van der Waals surface area contributed by atoms with Crippen LogP contribution in [0.3, 0.4) is 0 Å². The van der Waals surface area contributed by atoms with E-state index in [0.29, 0.717) is 6.54 Å². The van der Waals surface area contributed by atoms with Gasteiger partial charge >= 0.3 is 0 Å². The summed E-state index contributed by atoms with van der Waals surface area (Å²) in [5.41, 5.74) is 7.85. The van der Waals surface area contributed by atoms with Crippen LogP contribution in [0.4, 0.5) is 0 Å². The molecule has 2 unspecified atom stereocenters. The van der Waals surface area contributed by atoms with Gasteiger partial charge in [0, 0.05) is 6.54 Å². The molecule has 0 radical (unpaired) electrons. The van der Waals surface area contributed by atoms with E-state index >= 15 is 0 Å². The van der Waals surface area contributed by atoms with E-state index in [1.54, 1.807) is 0 Å². The van der Waals surface area contributed by atoms with Crippen molar-refractivity contribution in [1.82, 2.24) is 5.32 Å². The number of rotatable bonds is 4. The normalized spacial score (nSPS) is 24.2. The van der Waals surface area contributed by atoms with Crippen LogP contribution in [0.1, 0.15) is 36.9 Å². The molecule has 19 heavy (non-hydrogen) atoms. The Bertz CT molecular complexity index is 448. The summed E-state index contributed by atoms with van der Waals surface area (Å²) in [7, 11) is 0. The minimum absolute atomic E-state index is 0.00655. The lowest BCUT2D eigenvalue weighted by molar-refractivity contribution is -0.132. The summed E-state index contributed by atoms with van der Waals surface area (Å²) in [5.74, 6) is -0.0371. The third-order valence-corrected chi connectivity index (χ3v) is 3.56. The first kappa shape index (κ1) is 14.0. The van der Waals surface area contributed by atoms with Gasteiger partial charge in [0.25, 0.3) is 0 Å². The number of benzene rings is 1. The minimum Gasteiger partial charge on any atom is -0.364 e. The average molecular weight is 262 g/mol. The smallest absolute Gasteiger partial charge is 0.249 e. The Kier molecular flexibility index (Phi) is 4.56. The van der Waals surface area contributed by atoms with Gasteiger partial charge in [0.2, 0.25) is 5.91 Å². The maximum Gasteiger partial charge on any atom is 0.249 e. The Labute approximate surface area is 114 Å². The molecule has 104 valence electrons. The summed E-state index contributed by atoms with van der Waals surface area (Å²) < 4.78 is 5.60. The molecular formula is C15H22N2O2. The lowest BCUT2D eigenvalue weighted by Gasteiger charge is -2.18. The van der Waals surface area contributed by atoms with Gasteiger partial charge in [-0.2, -0.15) is 0 Å². The Balaban J connectivity index is 1.92. The van der Waals surface area contributed by atoms with Crippen LogP contribution in [0.25, 0.3) is 0 Å². The van der Waals surface area contributed by atoms with Gasteiger partial charge in [-0.15, -0.1) is 0 Å². The highest BCUT2D eigenvalue weighted by molar-refractivity contribution is 5.81. The number of aryl methyl sites for hydroxylation is 1. The minimum atomic E-state index is -0.346. The molecule has 0 spiro atoms. The number of nitrogens with two attached hydrogens (primary N) is 1. The molecule has 1 aromatic rings. The molecule has 3 atom stereocenters. The third kappa shape index (κ3) is 3.55. The Morgan fingerprint density at radius 3 is 2.95 bits per heavy atom. The van der Waals surface area contributed by atoms with E-state index in [-0.39, 0.29) is 24.2 Å². The maximum absolute atomic E-state index is 12.1. The SMILES string of the molecule is Cc1cccc([C@H](C)NC(=O)C2CCC(CN)O2)c1. The van der Waals surface area contributed by atoms with Crippen LogP contribution in [0, 0.1) is 6.92 Å². The zero-order valence-corrected chi connectivity index (χ0v) is 11.6. The molecule has 4 nitrogen and oxygen atoms in total. The van der Waals surface area contributed by atoms with E-state index in [1.807, 2.05) is 32.0 Å².